The molecule has 1 heterocycles. The van der Waals surface area contributed by atoms with Gasteiger partial charge in [-0.3, -0.25) is 0 Å². The molecule has 0 aromatic heterocycles. The van der Waals surface area contributed by atoms with Crippen molar-refractivity contribution in [1.29, 1.82) is 0 Å². The first-order valence-corrected chi connectivity index (χ1v) is 6.29. The quantitative estimate of drug-likeness (QED) is 0.574. The summed E-state index contributed by atoms with van der Waals surface area (Å²) in [4.78, 5) is 2.46. The number of halogens is 4. The number of fused-ring (bicyclic) bond motifs is 1. The van der Waals surface area contributed by atoms with Crippen LogP contribution in [0.15, 0.2) is 30.3 Å². The molecule has 0 atom stereocenters. The Labute approximate surface area is 111 Å². The lowest BCUT2D eigenvalue weighted by Gasteiger charge is -2.27. The maximum atomic E-state index is 9.75. The van der Waals surface area contributed by atoms with E-state index >= 15 is 0 Å². The van der Waals surface area contributed by atoms with Crippen LogP contribution in [-0.4, -0.2) is 20.3 Å². The maximum Gasteiger partial charge on any atom is 0.673 e. The first kappa shape index (κ1) is 15.6. The summed E-state index contributed by atoms with van der Waals surface area (Å²) in [6, 6.07) is 8.63. The van der Waals surface area contributed by atoms with Gasteiger partial charge in [-0.05, 0) is 18.1 Å². The Bertz CT molecular complexity index is 411. The van der Waals surface area contributed by atoms with Gasteiger partial charge in [0.15, 0.2) is 0 Å². The van der Waals surface area contributed by atoms with Gasteiger partial charge >= 0.3 is 7.25 Å². The summed E-state index contributed by atoms with van der Waals surface area (Å²) in [5, 5.41) is 0. The Morgan fingerprint density at radius 1 is 1.16 bits per heavy atom. The van der Waals surface area contributed by atoms with Gasteiger partial charge in [0.25, 0.3) is 0 Å². The van der Waals surface area contributed by atoms with E-state index in [0.717, 1.165) is 6.54 Å². The molecule has 0 saturated heterocycles. The molecule has 0 bridgehead atoms. The molecule has 1 aliphatic rings. The predicted octanol–water partition coefficient (Wildman–Crippen LogP) is 4.62. The van der Waals surface area contributed by atoms with Crippen molar-refractivity contribution in [1.82, 2.24) is 0 Å². The summed E-state index contributed by atoms with van der Waals surface area (Å²) in [5.74, 6) is 0. The number of hydrogen-bond acceptors (Lipinski definition) is 1. The zero-order valence-corrected chi connectivity index (χ0v) is 10.8. The van der Waals surface area contributed by atoms with Crippen LogP contribution in [-0.2, 0) is 0 Å². The van der Waals surface area contributed by atoms with Crippen LogP contribution in [0.2, 0.25) is 0 Å². The number of para-hydroxylation sites is 1. The van der Waals surface area contributed by atoms with E-state index in [0.29, 0.717) is 0 Å². The highest BCUT2D eigenvalue weighted by Crippen LogP contribution is 2.25. The molecular formula is C13H17BF4N-. The van der Waals surface area contributed by atoms with Crippen molar-refractivity contribution >= 4 is 19.0 Å². The molecule has 0 aliphatic carbocycles. The SMILES string of the molecule is CCCCN1CC=Cc2ccccc21.F[B-](F)(F)F. The predicted molar refractivity (Wildman–Crippen MR) is 72.8 cm³/mol. The Morgan fingerprint density at radius 3 is 2.42 bits per heavy atom. The van der Waals surface area contributed by atoms with E-state index in [1.165, 1.54) is 30.6 Å². The monoisotopic (exact) mass is 274 g/mol. The van der Waals surface area contributed by atoms with Crippen molar-refractivity contribution in [3.8, 4) is 0 Å². The van der Waals surface area contributed by atoms with Crippen molar-refractivity contribution in [2.24, 2.45) is 0 Å². The van der Waals surface area contributed by atoms with Crippen LogP contribution in [0.3, 0.4) is 0 Å². The van der Waals surface area contributed by atoms with E-state index in [1.807, 2.05) is 0 Å². The lowest BCUT2D eigenvalue weighted by atomic mass is 10.1. The molecule has 0 spiro atoms. The van der Waals surface area contributed by atoms with Crippen molar-refractivity contribution < 1.29 is 17.3 Å². The lowest BCUT2D eigenvalue weighted by Crippen LogP contribution is -2.26. The van der Waals surface area contributed by atoms with Gasteiger partial charge in [0.1, 0.15) is 0 Å². The molecule has 0 saturated carbocycles. The fourth-order valence-electron chi connectivity index (χ4n) is 1.88. The normalized spacial score (nSPS) is 13.6. The van der Waals surface area contributed by atoms with Gasteiger partial charge < -0.3 is 22.2 Å². The van der Waals surface area contributed by atoms with Gasteiger partial charge in [-0.25, -0.2) is 0 Å². The van der Waals surface area contributed by atoms with Gasteiger partial charge in [-0.2, -0.15) is 0 Å². The third-order valence-electron chi connectivity index (χ3n) is 2.68. The summed E-state index contributed by atoms with van der Waals surface area (Å²) >= 11 is 0. The number of anilines is 1. The molecule has 0 unspecified atom stereocenters. The van der Waals surface area contributed by atoms with Crippen molar-refractivity contribution in [3.63, 3.8) is 0 Å². The van der Waals surface area contributed by atoms with E-state index < -0.39 is 7.25 Å². The Morgan fingerprint density at radius 2 is 1.79 bits per heavy atom. The number of rotatable bonds is 3. The van der Waals surface area contributed by atoms with Gasteiger partial charge in [0.2, 0.25) is 0 Å². The van der Waals surface area contributed by atoms with Crippen LogP contribution < -0.4 is 4.90 Å². The highest BCUT2D eigenvalue weighted by Gasteiger charge is 2.20. The first-order chi connectivity index (χ1) is 8.92. The molecular weight excluding hydrogens is 257 g/mol. The third-order valence-corrected chi connectivity index (χ3v) is 2.68. The molecule has 1 aliphatic heterocycles. The third kappa shape index (κ3) is 6.31. The topological polar surface area (TPSA) is 3.24 Å². The van der Waals surface area contributed by atoms with Crippen LogP contribution in [0.1, 0.15) is 25.3 Å². The standard InChI is InChI=1S/C13H17N.BF4/c1-2-3-10-14-11-6-8-12-7-4-5-9-13(12)14;2-1(3,4)5/h4-9H,2-3,10-11H2,1H3;/q;-1. The highest BCUT2D eigenvalue weighted by molar-refractivity contribution is 6.50. The molecule has 106 valence electrons. The minimum Gasteiger partial charge on any atom is -0.418 e. The average Bonchev–Trinajstić information content (AvgIpc) is 2.34. The van der Waals surface area contributed by atoms with E-state index in [1.54, 1.807) is 0 Å². The minimum absolute atomic E-state index is 1.07. The Balaban J connectivity index is 0.000000312. The van der Waals surface area contributed by atoms with Crippen LogP contribution in [0.5, 0.6) is 0 Å². The second-order valence-corrected chi connectivity index (χ2v) is 4.26. The maximum absolute atomic E-state index is 9.75. The summed E-state index contributed by atoms with van der Waals surface area (Å²) in [7, 11) is -6.00. The van der Waals surface area contributed by atoms with Crippen molar-refractivity contribution in [2.45, 2.75) is 19.8 Å². The number of hydrogen-bond donors (Lipinski definition) is 0. The largest absolute Gasteiger partial charge is 0.673 e. The van der Waals surface area contributed by atoms with E-state index in [2.05, 4.69) is 48.2 Å². The summed E-state index contributed by atoms with van der Waals surface area (Å²) in [5.41, 5.74) is 2.75. The van der Waals surface area contributed by atoms with Gasteiger partial charge in [0, 0.05) is 18.8 Å². The molecule has 2 rings (SSSR count). The van der Waals surface area contributed by atoms with Crippen molar-refractivity contribution in [2.75, 3.05) is 18.0 Å². The second-order valence-electron chi connectivity index (χ2n) is 4.26. The van der Waals surface area contributed by atoms with Gasteiger partial charge in [-0.1, -0.05) is 43.7 Å². The van der Waals surface area contributed by atoms with Crippen LogP contribution in [0, 0.1) is 0 Å². The molecule has 6 heteroatoms. The molecule has 0 fully saturated rings. The minimum atomic E-state index is -6.00. The van der Waals surface area contributed by atoms with Crippen molar-refractivity contribution in [3.05, 3.63) is 35.9 Å². The number of unbranched alkanes of at least 4 members (excludes halogenated alkanes) is 1. The smallest absolute Gasteiger partial charge is 0.418 e. The Kier molecular flexibility index (Phi) is 5.92. The summed E-state index contributed by atoms with van der Waals surface area (Å²) in [6.45, 7) is 4.49. The van der Waals surface area contributed by atoms with Gasteiger partial charge in [-0.15, -0.1) is 0 Å². The molecule has 1 nitrogen and oxygen atoms in total. The molecule has 0 radical (unpaired) electrons. The molecule has 0 amide bonds. The van der Waals surface area contributed by atoms with E-state index in [9.17, 15) is 17.3 Å². The second kappa shape index (κ2) is 7.21. The van der Waals surface area contributed by atoms with Crippen LogP contribution >= 0.6 is 0 Å². The highest BCUT2D eigenvalue weighted by atomic mass is 19.5. The summed E-state index contributed by atoms with van der Waals surface area (Å²) in [6.07, 6.45) is 7.01. The first-order valence-electron chi connectivity index (χ1n) is 6.29. The fourth-order valence-corrected chi connectivity index (χ4v) is 1.88. The molecule has 1 aromatic carbocycles. The van der Waals surface area contributed by atoms with Crippen LogP contribution in [0.25, 0.3) is 6.08 Å². The molecule has 19 heavy (non-hydrogen) atoms. The van der Waals surface area contributed by atoms with E-state index in [4.69, 9.17) is 0 Å². The lowest BCUT2D eigenvalue weighted by molar-refractivity contribution is 0.368. The fraction of sp³-hybridized carbons (Fsp3) is 0.385. The number of nitrogens with zero attached hydrogens (tertiary/aromatic N) is 1. The van der Waals surface area contributed by atoms with Gasteiger partial charge in [0.05, 0.1) is 0 Å². The Hall–Kier alpha value is -1.46. The molecule has 1 aromatic rings. The average molecular weight is 274 g/mol. The molecule has 0 N–H and O–H groups in total. The number of benzene rings is 1. The zero-order valence-electron chi connectivity index (χ0n) is 10.8. The summed E-state index contributed by atoms with van der Waals surface area (Å²) < 4.78 is 39.0. The van der Waals surface area contributed by atoms with Crippen LogP contribution in [0.4, 0.5) is 23.0 Å². The van der Waals surface area contributed by atoms with E-state index in [-0.39, 0.29) is 0 Å². The zero-order chi connectivity index (χ0) is 14.3.